The summed E-state index contributed by atoms with van der Waals surface area (Å²) in [4.78, 5) is 2.44. The maximum Gasteiger partial charge on any atom is 0.0406 e. The molecule has 2 aromatic rings. The van der Waals surface area contributed by atoms with Crippen LogP contribution in [-0.4, -0.2) is 18.0 Å². The van der Waals surface area contributed by atoms with Crippen molar-refractivity contribution < 1.29 is 0 Å². The van der Waals surface area contributed by atoms with E-state index in [1.54, 1.807) is 0 Å². The van der Waals surface area contributed by atoms with Crippen molar-refractivity contribution in [1.82, 2.24) is 4.90 Å². The molecular weight excluding hydrogens is 254 g/mol. The lowest BCUT2D eigenvalue weighted by Crippen LogP contribution is -2.19. The van der Waals surface area contributed by atoms with Gasteiger partial charge in [0.2, 0.25) is 0 Å². The van der Waals surface area contributed by atoms with E-state index >= 15 is 0 Å². The van der Waals surface area contributed by atoms with E-state index in [1.807, 2.05) is 12.1 Å². The molecule has 0 atom stereocenters. The minimum Gasteiger partial charge on any atom is -0.291 e. The highest BCUT2D eigenvalue weighted by molar-refractivity contribution is 6.30. The molecule has 0 fully saturated rings. The van der Waals surface area contributed by atoms with Gasteiger partial charge in [0.1, 0.15) is 0 Å². The molecule has 2 heteroatoms. The predicted molar refractivity (Wildman–Crippen MR) is 81.1 cm³/mol. The number of benzene rings is 2. The Hall–Kier alpha value is -1.57. The first kappa shape index (κ1) is 12.5. The summed E-state index contributed by atoms with van der Waals surface area (Å²) in [5, 5.41) is 0.795. The zero-order valence-corrected chi connectivity index (χ0v) is 11.5. The number of halogens is 1. The lowest BCUT2D eigenvalue weighted by atomic mass is 10.1. The Bertz CT molecular complexity index is 572. The molecule has 1 heterocycles. The van der Waals surface area contributed by atoms with Gasteiger partial charge in [-0.15, -0.1) is 0 Å². The van der Waals surface area contributed by atoms with Crippen molar-refractivity contribution >= 4 is 17.2 Å². The van der Waals surface area contributed by atoms with Crippen LogP contribution in [0.25, 0.3) is 5.57 Å². The number of nitrogens with zero attached hydrogens (tertiary/aromatic N) is 1. The summed E-state index contributed by atoms with van der Waals surface area (Å²) in [6, 6.07) is 18.7. The number of hydrogen-bond donors (Lipinski definition) is 0. The number of hydrogen-bond acceptors (Lipinski definition) is 1. The summed E-state index contributed by atoms with van der Waals surface area (Å²) < 4.78 is 0. The first-order valence-corrected chi connectivity index (χ1v) is 6.90. The van der Waals surface area contributed by atoms with Crippen LogP contribution < -0.4 is 0 Å². The predicted octanol–water partition coefficient (Wildman–Crippen LogP) is 4.24. The van der Waals surface area contributed by atoms with Crippen LogP contribution in [0.4, 0.5) is 0 Å². The summed E-state index contributed by atoms with van der Waals surface area (Å²) >= 11 is 5.92. The highest BCUT2D eigenvalue weighted by Crippen LogP contribution is 2.23. The second kappa shape index (κ2) is 5.60. The average Bonchev–Trinajstić information content (AvgIpc) is 2.89. The molecular formula is C17H16ClN. The van der Waals surface area contributed by atoms with Crippen molar-refractivity contribution in [3.8, 4) is 0 Å². The Balaban J connectivity index is 1.65. The fourth-order valence-corrected chi connectivity index (χ4v) is 2.57. The van der Waals surface area contributed by atoms with Gasteiger partial charge in [0.05, 0.1) is 0 Å². The largest absolute Gasteiger partial charge is 0.291 e. The molecule has 0 unspecified atom stereocenters. The summed E-state index contributed by atoms with van der Waals surface area (Å²) in [5.74, 6) is 0. The molecule has 0 saturated carbocycles. The van der Waals surface area contributed by atoms with Crippen LogP contribution in [0.15, 0.2) is 60.7 Å². The smallest absolute Gasteiger partial charge is 0.0406 e. The van der Waals surface area contributed by atoms with Gasteiger partial charge < -0.3 is 0 Å². The first-order valence-electron chi connectivity index (χ1n) is 6.52. The van der Waals surface area contributed by atoms with E-state index in [-0.39, 0.29) is 0 Å². The average molecular weight is 270 g/mol. The molecule has 1 nitrogen and oxygen atoms in total. The zero-order valence-electron chi connectivity index (χ0n) is 10.7. The molecule has 0 amide bonds. The van der Waals surface area contributed by atoms with E-state index < -0.39 is 0 Å². The molecule has 0 saturated heterocycles. The Kier molecular flexibility index (Phi) is 3.67. The van der Waals surface area contributed by atoms with Crippen molar-refractivity contribution in [2.45, 2.75) is 6.54 Å². The first-order chi connectivity index (χ1) is 9.31. The third kappa shape index (κ3) is 3.06. The molecule has 0 bridgehead atoms. The molecule has 1 aliphatic rings. The lowest BCUT2D eigenvalue weighted by Gasteiger charge is -2.16. The van der Waals surface area contributed by atoms with E-state index in [0.29, 0.717) is 0 Å². The normalized spacial score (nSPS) is 15.5. The lowest BCUT2D eigenvalue weighted by molar-refractivity contribution is 0.348. The van der Waals surface area contributed by atoms with Gasteiger partial charge >= 0.3 is 0 Å². The monoisotopic (exact) mass is 269 g/mol. The molecule has 96 valence electrons. The van der Waals surface area contributed by atoms with Crippen LogP contribution in [-0.2, 0) is 6.54 Å². The van der Waals surface area contributed by atoms with E-state index in [0.717, 1.165) is 24.7 Å². The molecule has 3 rings (SSSR count). The van der Waals surface area contributed by atoms with Crippen molar-refractivity contribution in [2.24, 2.45) is 0 Å². The highest BCUT2D eigenvalue weighted by Gasteiger charge is 2.15. The van der Waals surface area contributed by atoms with E-state index in [9.17, 15) is 0 Å². The van der Waals surface area contributed by atoms with Crippen molar-refractivity contribution in [2.75, 3.05) is 13.1 Å². The Morgan fingerprint density at radius 2 is 1.68 bits per heavy atom. The fraction of sp³-hybridized carbons (Fsp3) is 0.176. The SMILES string of the molecule is Clc1ccc(C2=CCN(Cc3ccccc3)C2)cc1. The minimum atomic E-state index is 0.795. The van der Waals surface area contributed by atoms with Crippen LogP contribution >= 0.6 is 11.6 Å². The summed E-state index contributed by atoms with van der Waals surface area (Å²) in [6.45, 7) is 3.04. The second-order valence-corrected chi connectivity index (χ2v) is 5.33. The Labute approximate surface area is 119 Å². The van der Waals surface area contributed by atoms with Crippen molar-refractivity contribution in [3.63, 3.8) is 0 Å². The van der Waals surface area contributed by atoms with Crippen molar-refractivity contribution in [3.05, 3.63) is 76.8 Å². The van der Waals surface area contributed by atoms with Gasteiger partial charge in [0, 0.05) is 24.7 Å². The molecule has 0 N–H and O–H groups in total. The zero-order chi connectivity index (χ0) is 13.1. The maximum atomic E-state index is 5.92. The quantitative estimate of drug-likeness (QED) is 0.806. The molecule has 19 heavy (non-hydrogen) atoms. The van der Waals surface area contributed by atoms with Crippen molar-refractivity contribution in [1.29, 1.82) is 0 Å². The van der Waals surface area contributed by atoms with Crippen LogP contribution in [0.1, 0.15) is 11.1 Å². The van der Waals surface area contributed by atoms with Crippen LogP contribution in [0, 0.1) is 0 Å². The van der Waals surface area contributed by atoms with Gasteiger partial charge in [-0.1, -0.05) is 60.1 Å². The molecule has 0 aliphatic carbocycles. The molecule has 0 aromatic heterocycles. The Morgan fingerprint density at radius 3 is 2.42 bits per heavy atom. The summed E-state index contributed by atoms with van der Waals surface area (Å²) in [5.41, 5.74) is 4.04. The highest BCUT2D eigenvalue weighted by atomic mass is 35.5. The third-order valence-corrected chi connectivity index (χ3v) is 3.71. The Morgan fingerprint density at radius 1 is 0.947 bits per heavy atom. The molecule has 1 aliphatic heterocycles. The van der Waals surface area contributed by atoms with Gasteiger partial charge in [0.25, 0.3) is 0 Å². The van der Waals surface area contributed by atoms with E-state index in [1.165, 1.54) is 16.7 Å². The van der Waals surface area contributed by atoms with Crippen LogP contribution in [0.2, 0.25) is 5.02 Å². The van der Waals surface area contributed by atoms with Crippen LogP contribution in [0.5, 0.6) is 0 Å². The topological polar surface area (TPSA) is 3.24 Å². The second-order valence-electron chi connectivity index (χ2n) is 4.89. The van der Waals surface area contributed by atoms with Gasteiger partial charge in [0.15, 0.2) is 0 Å². The summed E-state index contributed by atoms with van der Waals surface area (Å²) in [7, 11) is 0. The van der Waals surface area contributed by atoms with E-state index in [4.69, 9.17) is 11.6 Å². The maximum absolute atomic E-state index is 5.92. The molecule has 2 aromatic carbocycles. The van der Waals surface area contributed by atoms with Gasteiger partial charge in [-0.05, 0) is 28.8 Å². The standard InChI is InChI=1S/C17H16ClN/c18-17-8-6-15(7-9-17)16-10-11-19(13-16)12-14-4-2-1-3-5-14/h1-10H,11-13H2. The third-order valence-electron chi connectivity index (χ3n) is 3.45. The minimum absolute atomic E-state index is 0.795. The van der Waals surface area contributed by atoms with E-state index in [2.05, 4.69) is 53.4 Å². The van der Waals surface area contributed by atoms with Gasteiger partial charge in [-0.2, -0.15) is 0 Å². The number of rotatable bonds is 3. The van der Waals surface area contributed by atoms with Gasteiger partial charge in [-0.3, -0.25) is 4.90 Å². The molecule has 0 spiro atoms. The van der Waals surface area contributed by atoms with Crippen LogP contribution in [0.3, 0.4) is 0 Å². The fourth-order valence-electron chi connectivity index (χ4n) is 2.44. The summed E-state index contributed by atoms with van der Waals surface area (Å²) in [6.07, 6.45) is 2.31. The molecule has 0 radical (unpaired) electrons. The van der Waals surface area contributed by atoms with Gasteiger partial charge in [-0.25, -0.2) is 0 Å².